The fraction of sp³-hybridized carbons (Fsp3) is 0.804. The molecule has 0 aromatic carbocycles. The fourth-order valence-corrected chi connectivity index (χ4v) is 7.18. The molecule has 0 aliphatic rings. The van der Waals surface area contributed by atoms with Gasteiger partial charge in [-0.2, -0.15) is 0 Å². The highest BCUT2D eigenvalue weighted by molar-refractivity contribution is 5.77. The molecule has 0 radical (unpaired) electrons. The summed E-state index contributed by atoms with van der Waals surface area (Å²) in [5.74, 6) is -0.527. The number of carbonyl (C=O) groups excluding carboxylic acids is 2. The molecule has 0 rings (SSSR count). The summed E-state index contributed by atoms with van der Waals surface area (Å²) in [5, 5.41) is 23.7. The van der Waals surface area contributed by atoms with Gasteiger partial charge in [0.15, 0.2) is 0 Å². The minimum atomic E-state index is -0.799. The highest BCUT2D eigenvalue weighted by Crippen LogP contribution is 2.17. The van der Waals surface area contributed by atoms with Gasteiger partial charge in [-0.15, -0.1) is 0 Å². The zero-order chi connectivity index (χ0) is 41.7. The molecule has 0 aromatic rings. The number of unbranched alkanes of at least 4 members (excludes halogenated alkanes) is 23. The molecule has 0 fully saturated rings. The Balaban J connectivity index is 4.67. The van der Waals surface area contributed by atoms with Gasteiger partial charge >= 0.3 is 5.97 Å². The standard InChI is InChI=1S/C51H93NO5/c1-4-7-10-13-16-19-21-23-24-25-26-27-28-31-33-36-39-42-47(57-51(56)44-41-38-35-30-18-15-12-9-6-3)45-50(55)52-48(46-53)49(54)43-40-37-34-32-29-22-20-17-14-11-8-5-2/h16,19,23-24,26-27,31,33,47-49,53-54H,4-15,17-18,20-22,25,28-30,32,34-46H2,1-3H3,(H,52,55)/b19-16-,24-23-,27-26-,33-31-. The summed E-state index contributed by atoms with van der Waals surface area (Å²) < 4.78 is 5.88. The van der Waals surface area contributed by atoms with Crippen LogP contribution in [0.2, 0.25) is 0 Å². The van der Waals surface area contributed by atoms with E-state index in [-0.39, 0.29) is 24.9 Å². The van der Waals surface area contributed by atoms with E-state index in [2.05, 4.69) is 74.7 Å². The average molecular weight is 800 g/mol. The van der Waals surface area contributed by atoms with E-state index in [0.717, 1.165) is 70.6 Å². The predicted octanol–water partition coefficient (Wildman–Crippen LogP) is 14.3. The first-order valence-corrected chi connectivity index (χ1v) is 24.4. The van der Waals surface area contributed by atoms with Crippen LogP contribution in [0.4, 0.5) is 0 Å². The van der Waals surface area contributed by atoms with Crippen LogP contribution in [0.1, 0.15) is 239 Å². The third kappa shape index (κ3) is 40.4. The van der Waals surface area contributed by atoms with Gasteiger partial charge in [-0.1, -0.05) is 211 Å². The molecular weight excluding hydrogens is 707 g/mol. The normalized spacial score (nSPS) is 13.7. The fourth-order valence-electron chi connectivity index (χ4n) is 7.18. The zero-order valence-electron chi connectivity index (χ0n) is 37.7. The topological polar surface area (TPSA) is 95.9 Å². The SMILES string of the molecule is CCCCC/C=C\C/C=C\C/C=C\C/C=C\CCCC(CC(=O)NC(CO)C(O)CCCCCCCCCCCCCC)OC(=O)CCCCCCCCCCC. The lowest BCUT2D eigenvalue weighted by Gasteiger charge is -2.24. The lowest BCUT2D eigenvalue weighted by molar-refractivity contribution is -0.151. The zero-order valence-corrected chi connectivity index (χ0v) is 37.7. The minimum absolute atomic E-state index is 0.0416. The molecule has 0 aliphatic heterocycles. The van der Waals surface area contributed by atoms with Crippen molar-refractivity contribution >= 4 is 11.9 Å². The van der Waals surface area contributed by atoms with Crippen LogP contribution < -0.4 is 5.32 Å². The summed E-state index contributed by atoms with van der Waals surface area (Å²) in [6.07, 6.45) is 53.1. The van der Waals surface area contributed by atoms with Crippen LogP contribution in [-0.4, -0.2) is 46.9 Å². The predicted molar refractivity (Wildman–Crippen MR) is 245 cm³/mol. The number of carbonyl (C=O) groups is 2. The molecule has 3 N–H and O–H groups in total. The van der Waals surface area contributed by atoms with Crippen LogP contribution >= 0.6 is 0 Å². The molecule has 0 spiro atoms. The first-order valence-electron chi connectivity index (χ1n) is 24.4. The highest BCUT2D eigenvalue weighted by Gasteiger charge is 2.24. The second-order valence-corrected chi connectivity index (χ2v) is 16.5. The Morgan fingerprint density at radius 2 is 0.912 bits per heavy atom. The molecule has 0 bridgehead atoms. The van der Waals surface area contributed by atoms with Crippen molar-refractivity contribution in [3.63, 3.8) is 0 Å². The minimum Gasteiger partial charge on any atom is -0.462 e. The van der Waals surface area contributed by atoms with Gasteiger partial charge in [0.25, 0.3) is 0 Å². The maximum atomic E-state index is 13.1. The van der Waals surface area contributed by atoms with E-state index in [0.29, 0.717) is 19.3 Å². The number of esters is 1. The Labute approximate surface area is 353 Å². The van der Waals surface area contributed by atoms with Crippen molar-refractivity contribution in [1.82, 2.24) is 5.32 Å². The van der Waals surface area contributed by atoms with E-state index in [9.17, 15) is 19.8 Å². The number of hydrogen-bond acceptors (Lipinski definition) is 5. The molecule has 0 heterocycles. The third-order valence-electron chi connectivity index (χ3n) is 10.9. The second kappa shape index (κ2) is 44.9. The molecule has 57 heavy (non-hydrogen) atoms. The van der Waals surface area contributed by atoms with Gasteiger partial charge in [-0.25, -0.2) is 0 Å². The molecule has 0 saturated heterocycles. The molecule has 0 saturated carbocycles. The molecular formula is C51H93NO5. The first-order chi connectivity index (χ1) is 28.0. The van der Waals surface area contributed by atoms with Crippen LogP contribution in [0.25, 0.3) is 0 Å². The monoisotopic (exact) mass is 800 g/mol. The molecule has 6 heteroatoms. The Bertz CT molecular complexity index is 988. The Morgan fingerprint density at radius 3 is 1.39 bits per heavy atom. The van der Waals surface area contributed by atoms with Crippen LogP contribution in [0.3, 0.4) is 0 Å². The van der Waals surface area contributed by atoms with Crippen LogP contribution in [-0.2, 0) is 14.3 Å². The van der Waals surface area contributed by atoms with Crippen molar-refractivity contribution < 1.29 is 24.5 Å². The quantitative estimate of drug-likeness (QED) is 0.0324. The smallest absolute Gasteiger partial charge is 0.306 e. The maximum absolute atomic E-state index is 13.1. The summed E-state index contributed by atoms with van der Waals surface area (Å²) >= 11 is 0. The van der Waals surface area contributed by atoms with Crippen LogP contribution in [0, 0.1) is 0 Å². The van der Waals surface area contributed by atoms with E-state index in [1.54, 1.807) is 0 Å². The van der Waals surface area contributed by atoms with Crippen molar-refractivity contribution in [2.75, 3.05) is 6.61 Å². The number of aliphatic hydroxyl groups is 2. The van der Waals surface area contributed by atoms with Crippen molar-refractivity contribution in [2.24, 2.45) is 0 Å². The Hall–Kier alpha value is -2.18. The molecule has 0 aromatic heterocycles. The number of nitrogens with one attached hydrogen (secondary N) is 1. The summed E-state index contributed by atoms with van der Waals surface area (Å²) in [6, 6.07) is -0.716. The number of hydrogen-bond donors (Lipinski definition) is 3. The third-order valence-corrected chi connectivity index (χ3v) is 10.9. The summed E-state index contributed by atoms with van der Waals surface area (Å²) in [5.41, 5.74) is 0. The molecule has 332 valence electrons. The average Bonchev–Trinajstić information content (AvgIpc) is 3.20. The summed E-state index contributed by atoms with van der Waals surface area (Å²) in [7, 11) is 0. The van der Waals surface area contributed by atoms with Crippen molar-refractivity contribution in [3.05, 3.63) is 48.6 Å². The lowest BCUT2D eigenvalue weighted by Crippen LogP contribution is -2.46. The van der Waals surface area contributed by atoms with Crippen molar-refractivity contribution in [2.45, 2.75) is 257 Å². The van der Waals surface area contributed by atoms with Gasteiger partial charge in [0.05, 0.1) is 25.2 Å². The Morgan fingerprint density at radius 1 is 0.509 bits per heavy atom. The van der Waals surface area contributed by atoms with Gasteiger partial charge < -0.3 is 20.3 Å². The van der Waals surface area contributed by atoms with E-state index in [4.69, 9.17) is 4.74 Å². The molecule has 3 atom stereocenters. The number of allylic oxidation sites excluding steroid dienone is 8. The van der Waals surface area contributed by atoms with Crippen molar-refractivity contribution in [3.8, 4) is 0 Å². The lowest BCUT2D eigenvalue weighted by atomic mass is 10.0. The van der Waals surface area contributed by atoms with E-state index in [1.165, 1.54) is 122 Å². The summed E-state index contributed by atoms with van der Waals surface area (Å²) in [4.78, 5) is 26.0. The summed E-state index contributed by atoms with van der Waals surface area (Å²) in [6.45, 7) is 6.41. The van der Waals surface area contributed by atoms with E-state index < -0.39 is 18.2 Å². The van der Waals surface area contributed by atoms with E-state index in [1.807, 2.05) is 0 Å². The van der Waals surface area contributed by atoms with Gasteiger partial charge in [0.2, 0.25) is 5.91 Å². The maximum Gasteiger partial charge on any atom is 0.306 e. The number of rotatable bonds is 43. The van der Waals surface area contributed by atoms with Gasteiger partial charge in [0, 0.05) is 6.42 Å². The second-order valence-electron chi connectivity index (χ2n) is 16.5. The molecule has 3 unspecified atom stereocenters. The van der Waals surface area contributed by atoms with Gasteiger partial charge in [-0.3, -0.25) is 9.59 Å². The first kappa shape index (κ1) is 54.8. The number of ether oxygens (including phenoxy) is 1. The number of aliphatic hydroxyl groups excluding tert-OH is 2. The van der Waals surface area contributed by atoms with E-state index >= 15 is 0 Å². The van der Waals surface area contributed by atoms with Gasteiger partial charge in [0.1, 0.15) is 6.10 Å². The molecule has 6 nitrogen and oxygen atoms in total. The largest absolute Gasteiger partial charge is 0.462 e. The molecule has 1 amide bonds. The van der Waals surface area contributed by atoms with Crippen LogP contribution in [0.15, 0.2) is 48.6 Å². The number of amides is 1. The Kier molecular flexibility index (Phi) is 43.2. The van der Waals surface area contributed by atoms with Gasteiger partial charge in [-0.05, 0) is 64.2 Å². The van der Waals surface area contributed by atoms with Crippen LogP contribution in [0.5, 0.6) is 0 Å². The van der Waals surface area contributed by atoms with Crippen molar-refractivity contribution in [1.29, 1.82) is 0 Å². The molecule has 0 aliphatic carbocycles. The highest BCUT2D eigenvalue weighted by atomic mass is 16.5.